The standard InChI is InChI=1S/C20H24ClN5O3/c1-3-28-18-6-5-15(9-19(18)29-4-2)12-26-14-17(11-23-26)24-20(27)7-8-25-13-16(21)10-22-25/h5-6,9-11,13-14H,3-4,7-8,12H2,1-2H3,(H,24,27). The van der Waals surface area contributed by atoms with E-state index in [2.05, 4.69) is 15.5 Å². The Bertz CT molecular complexity index is 953. The highest BCUT2D eigenvalue weighted by atomic mass is 35.5. The van der Waals surface area contributed by atoms with E-state index in [9.17, 15) is 4.79 Å². The fourth-order valence-corrected chi connectivity index (χ4v) is 2.95. The molecule has 0 fully saturated rings. The summed E-state index contributed by atoms with van der Waals surface area (Å²) in [5.41, 5.74) is 1.66. The van der Waals surface area contributed by atoms with Crippen molar-refractivity contribution >= 4 is 23.2 Å². The van der Waals surface area contributed by atoms with Crippen LogP contribution in [0.4, 0.5) is 5.69 Å². The van der Waals surface area contributed by atoms with E-state index in [4.69, 9.17) is 21.1 Å². The molecule has 0 bridgehead atoms. The van der Waals surface area contributed by atoms with Crippen molar-refractivity contribution in [2.45, 2.75) is 33.4 Å². The van der Waals surface area contributed by atoms with Crippen LogP contribution in [0.15, 0.2) is 43.0 Å². The average molecular weight is 418 g/mol. The second kappa shape index (κ2) is 9.97. The number of hydrogen-bond donors (Lipinski definition) is 1. The molecule has 0 aliphatic carbocycles. The number of benzene rings is 1. The molecule has 1 amide bonds. The molecular formula is C20H24ClN5O3. The number of ether oxygens (including phenoxy) is 2. The Balaban J connectivity index is 1.56. The van der Waals surface area contributed by atoms with Crippen molar-refractivity contribution in [3.05, 3.63) is 53.6 Å². The second-order valence-corrected chi connectivity index (χ2v) is 6.73. The van der Waals surface area contributed by atoms with Gasteiger partial charge >= 0.3 is 0 Å². The highest BCUT2D eigenvalue weighted by Gasteiger charge is 2.09. The Kier molecular flexibility index (Phi) is 7.13. The lowest BCUT2D eigenvalue weighted by Crippen LogP contribution is -2.14. The van der Waals surface area contributed by atoms with Gasteiger partial charge in [0.15, 0.2) is 11.5 Å². The van der Waals surface area contributed by atoms with Gasteiger partial charge in [-0.25, -0.2) is 0 Å². The summed E-state index contributed by atoms with van der Waals surface area (Å²) in [6.07, 6.45) is 6.93. The number of carbonyl (C=O) groups excluding carboxylic acids is 1. The van der Waals surface area contributed by atoms with E-state index in [1.807, 2.05) is 32.0 Å². The summed E-state index contributed by atoms with van der Waals surface area (Å²) in [7, 11) is 0. The molecule has 9 heteroatoms. The Morgan fingerprint density at radius 2 is 1.83 bits per heavy atom. The van der Waals surface area contributed by atoms with Crippen molar-refractivity contribution in [1.82, 2.24) is 19.6 Å². The summed E-state index contributed by atoms with van der Waals surface area (Å²) < 4.78 is 14.6. The van der Waals surface area contributed by atoms with Crippen LogP contribution in [-0.2, 0) is 17.9 Å². The van der Waals surface area contributed by atoms with Crippen LogP contribution in [0.3, 0.4) is 0 Å². The quantitative estimate of drug-likeness (QED) is 0.544. The SMILES string of the molecule is CCOc1ccc(Cn2cc(NC(=O)CCn3cc(Cl)cn3)cn2)cc1OCC. The fourth-order valence-electron chi connectivity index (χ4n) is 2.80. The van der Waals surface area contributed by atoms with Crippen LogP contribution in [-0.4, -0.2) is 38.7 Å². The smallest absolute Gasteiger partial charge is 0.226 e. The Hall–Kier alpha value is -3.00. The van der Waals surface area contributed by atoms with E-state index in [1.165, 1.54) is 0 Å². The number of anilines is 1. The first kappa shape index (κ1) is 20.7. The lowest BCUT2D eigenvalue weighted by molar-refractivity contribution is -0.116. The zero-order valence-corrected chi connectivity index (χ0v) is 17.2. The van der Waals surface area contributed by atoms with Gasteiger partial charge in [-0.05, 0) is 31.5 Å². The van der Waals surface area contributed by atoms with E-state index >= 15 is 0 Å². The number of hydrogen-bond acceptors (Lipinski definition) is 5. The van der Waals surface area contributed by atoms with Crippen molar-refractivity contribution in [1.29, 1.82) is 0 Å². The summed E-state index contributed by atoms with van der Waals surface area (Å²) in [4.78, 5) is 12.1. The van der Waals surface area contributed by atoms with Gasteiger partial charge in [0.2, 0.25) is 5.91 Å². The number of halogens is 1. The van der Waals surface area contributed by atoms with E-state index in [0.29, 0.717) is 49.2 Å². The van der Waals surface area contributed by atoms with Gasteiger partial charge in [0, 0.05) is 25.4 Å². The predicted molar refractivity (Wildman–Crippen MR) is 111 cm³/mol. The van der Waals surface area contributed by atoms with Crippen molar-refractivity contribution in [3.63, 3.8) is 0 Å². The van der Waals surface area contributed by atoms with Crippen molar-refractivity contribution in [3.8, 4) is 11.5 Å². The number of carbonyl (C=O) groups is 1. The first-order valence-electron chi connectivity index (χ1n) is 9.46. The Morgan fingerprint density at radius 3 is 2.55 bits per heavy atom. The summed E-state index contributed by atoms with van der Waals surface area (Å²) >= 11 is 5.82. The molecule has 0 spiro atoms. The molecule has 0 aliphatic rings. The third-order valence-electron chi connectivity index (χ3n) is 4.04. The van der Waals surface area contributed by atoms with Crippen LogP contribution in [0.25, 0.3) is 0 Å². The molecule has 1 aromatic carbocycles. The van der Waals surface area contributed by atoms with Gasteiger partial charge < -0.3 is 14.8 Å². The zero-order chi connectivity index (χ0) is 20.6. The number of aryl methyl sites for hydroxylation is 1. The highest BCUT2D eigenvalue weighted by molar-refractivity contribution is 6.30. The lowest BCUT2D eigenvalue weighted by Gasteiger charge is -2.12. The molecule has 3 aromatic rings. The molecule has 0 saturated heterocycles. The van der Waals surface area contributed by atoms with E-state index < -0.39 is 0 Å². The number of nitrogens with one attached hydrogen (secondary N) is 1. The molecule has 2 aromatic heterocycles. The highest BCUT2D eigenvalue weighted by Crippen LogP contribution is 2.28. The van der Waals surface area contributed by atoms with Crippen LogP contribution in [0.5, 0.6) is 11.5 Å². The van der Waals surface area contributed by atoms with Gasteiger partial charge in [-0.2, -0.15) is 10.2 Å². The molecule has 0 atom stereocenters. The molecule has 154 valence electrons. The van der Waals surface area contributed by atoms with Crippen molar-refractivity contribution in [2.24, 2.45) is 0 Å². The number of rotatable bonds is 10. The van der Waals surface area contributed by atoms with Gasteiger partial charge in [-0.1, -0.05) is 17.7 Å². The number of amides is 1. The largest absolute Gasteiger partial charge is 0.490 e. The van der Waals surface area contributed by atoms with Gasteiger partial charge in [0.1, 0.15) is 0 Å². The molecule has 29 heavy (non-hydrogen) atoms. The van der Waals surface area contributed by atoms with Crippen molar-refractivity contribution in [2.75, 3.05) is 18.5 Å². The van der Waals surface area contributed by atoms with Gasteiger partial charge in [-0.15, -0.1) is 0 Å². The van der Waals surface area contributed by atoms with Crippen LogP contribution in [0, 0.1) is 0 Å². The monoisotopic (exact) mass is 417 g/mol. The first-order chi connectivity index (χ1) is 14.1. The molecule has 0 saturated carbocycles. The van der Waals surface area contributed by atoms with Gasteiger partial charge in [0.25, 0.3) is 0 Å². The summed E-state index contributed by atoms with van der Waals surface area (Å²) in [5, 5.41) is 11.8. The average Bonchev–Trinajstić information content (AvgIpc) is 3.31. The molecule has 3 rings (SSSR count). The predicted octanol–water partition coefficient (Wildman–Crippen LogP) is 3.61. The maximum atomic E-state index is 12.1. The first-order valence-corrected chi connectivity index (χ1v) is 9.84. The van der Waals surface area contributed by atoms with Gasteiger partial charge in [0.05, 0.1) is 42.9 Å². The molecule has 1 N–H and O–H groups in total. The van der Waals surface area contributed by atoms with E-state index in [0.717, 1.165) is 11.3 Å². The third kappa shape index (κ3) is 5.99. The maximum Gasteiger partial charge on any atom is 0.226 e. The molecule has 0 unspecified atom stereocenters. The molecule has 0 radical (unpaired) electrons. The zero-order valence-electron chi connectivity index (χ0n) is 16.5. The van der Waals surface area contributed by atoms with E-state index in [-0.39, 0.29) is 5.91 Å². The molecule has 0 aliphatic heterocycles. The summed E-state index contributed by atoms with van der Waals surface area (Å²) in [5.74, 6) is 1.33. The second-order valence-electron chi connectivity index (χ2n) is 6.29. The van der Waals surface area contributed by atoms with Crippen LogP contribution in [0.1, 0.15) is 25.8 Å². The minimum Gasteiger partial charge on any atom is -0.490 e. The maximum absolute atomic E-state index is 12.1. The van der Waals surface area contributed by atoms with Crippen LogP contribution < -0.4 is 14.8 Å². The third-order valence-corrected chi connectivity index (χ3v) is 4.23. The van der Waals surface area contributed by atoms with Crippen molar-refractivity contribution < 1.29 is 14.3 Å². The normalized spacial score (nSPS) is 10.7. The molecule has 2 heterocycles. The minimum atomic E-state index is -0.115. The number of aromatic nitrogens is 4. The topological polar surface area (TPSA) is 83.2 Å². The molecular weight excluding hydrogens is 394 g/mol. The van der Waals surface area contributed by atoms with Crippen LogP contribution >= 0.6 is 11.6 Å². The summed E-state index contributed by atoms with van der Waals surface area (Å²) in [6, 6.07) is 5.82. The fraction of sp³-hybridized carbons (Fsp3) is 0.350. The van der Waals surface area contributed by atoms with E-state index in [1.54, 1.807) is 34.2 Å². The lowest BCUT2D eigenvalue weighted by atomic mass is 10.2. The Morgan fingerprint density at radius 1 is 1.07 bits per heavy atom. The minimum absolute atomic E-state index is 0.115. The summed E-state index contributed by atoms with van der Waals surface area (Å²) in [6.45, 7) is 6.02. The Labute approximate surface area is 174 Å². The van der Waals surface area contributed by atoms with Crippen LogP contribution in [0.2, 0.25) is 5.02 Å². The molecule has 8 nitrogen and oxygen atoms in total. The van der Waals surface area contributed by atoms with Gasteiger partial charge in [-0.3, -0.25) is 14.2 Å². The number of nitrogens with zero attached hydrogens (tertiary/aromatic N) is 4.